The van der Waals surface area contributed by atoms with Gasteiger partial charge >= 0.3 is 0 Å². The molecule has 0 unspecified atom stereocenters. The van der Waals surface area contributed by atoms with E-state index in [9.17, 15) is 4.79 Å². The van der Waals surface area contributed by atoms with Crippen molar-refractivity contribution < 1.29 is 4.52 Å². The van der Waals surface area contributed by atoms with E-state index in [1.54, 1.807) is 15.7 Å². The van der Waals surface area contributed by atoms with Gasteiger partial charge in [0.25, 0.3) is 5.56 Å². The van der Waals surface area contributed by atoms with Gasteiger partial charge < -0.3 is 4.52 Å². The van der Waals surface area contributed by atoms with Gasteiger partial charge in [-0.3, -0.25) is 9.36 Å². The predicted molar refractivity (Wildman–Crippen MR) is 126 cm³/mol. The van der Waals surface area contributed by atoms with Gasteiger partial charge in [-0.05, 0) is 40.2 Å². The summed E-state index contributed by atoms with van der Waals surface area (Å²) in [7, 11) is 0. The van der Waals surface area contributed by atoms with E-state index in [4.69, 9.17) is 4.52 Å². The molecule has 0 saturated carbocycles. The number of hydrogen-bond acceptors (Lipinski definition) is 8. The van der Waals surface area contributed by atoms with E-state index in [2.05, 4.69) is 48.2 Å². The van der Waals surface area contributed by atoms with Crippen molar-refractivity contribution in [2.24, 2.45) is 4.99 Å². The van der Waals surface area contributed by atoms with Crippen LogP contribution in [-0.4, -0.2) is 33.9 Å². The first-order valence-electron chi connectivity index (χ1n) is 10.7. The second kappa shape index (κ2) is 9.07. The van der Waals surface area contributed by atoms with Gasteiger partial charge in [0.1, 0.15) is 11.6 Å². The fourth-order valence-electron chi connectivity index (χ4n) is 3.91. The van der Waals surface area contributed by atoms with E-state index < -0.39 is 0 Å². The van der Waals surface area contributed by atoms with Crippen LogP contribution in [0.5, 0.6) is 0 Å². The number of fused-ring (bicyclic) bond motifs is 2. The average molecular weight is 516 g/mol. The maximum absolute atomic E-state index is 13.2. The zero-order valence-electron chi connectivity index (χ0n) is 17.6. The summed E-state index contributed by atoms with van der Waals surface area (Å²) in [6.45, 7) is 2.93. The maximum atomic E-state index is 13.2. The lowest BCUT2D eigenvalue weighted by Crippen LogP contribution is -2.23. The molecule has 1 aliphatic rings. The van der Waals surface area contributed by atoms with Crippen LogP contribution in [0.1, 0.15) is 49.9 Å². The highest BCUT2D eigenvalue weighted by Crippen LogP contribution is 2.28. The van der Waals surface area contributed by atoms with E-state index >= 15 is 0 Å². The minimum Gasteiger partial charge on any atom is -0.339 e. The summed E-state index contributed by atoms with van der Waals surface area (Å²) >= 11 is 5.04. The first-order valence-corrected chi connectivity index (χ1v) is 12.4. The minimum absolute atomic E-state index is 0.0855. The van der Waals surface area contributed by atoms with E-state index in [-0.39, 0.29) is 5.56 Å². The summed E-state index contributed by atoms with van der Waals surface area (Å²) in [6, 6.07) is 3.93. The standard InChI is InChI=1S/C21H22BrN7O2S/c1-2-3-4-10-28-19-13(12-15(22)23-19)20(30)29-16(25-26-21(28)29)8-5-9-17-24-18(27-31-17)14-7-6-11-32-14/h6-7,11H,2-5,8-10,12H2,1H3. The summed E-state index contributed by atoms with van der Waals surface area (Å²) in [6.07, 6.45) is 5.65. The van der Waals surface area contributed by atoms with Crippen LogP contribution in [0.3, 0.4) is 0 Å². The van der Waals surface area contributed by atoms with Crippen molar-refractivity contribution in [3.63, 3.8) is 0 Å². The molecule has 0 N–H and O–H groups in total. The number of aryl methyl sites for hydroxylation is 3. The molecule has 0 aliphatic carbocycles. The predicted octanol–water partition coefficient (Wildman–Crippen LogP) is 4.35. The first-order chi connectivity index (χ1) is 15.7. The molecule has 32 heavy (non-hydrogen) atoms. The largest absolute Gasteiger partial charge is 0.339 e. The molecule has 0 aromatic carbocycles. The molecular weight excluding hydrogens is 494 g/mol. The zero-order chi connectivity index (χ0) is 22.1. The van der Waals surface area contributed by atoms with Crippen molar-refractivity contribution in [1.29, 1.82) is 0 Å². The fourth-order valence-corrected chi connectivity index (χ4v) is 5.01. The van der Waals surface area contributed by atoms with Crippen molar-refractivity contribution in [2.75, 3.05) is 0 Å². The monoisotopic (exact) mass is 515 g/mol. The van der Waals surface area contributed by atoms with E-state index in [0.717, 1.165) is 41.7 Å². The van der Waals surface area contributed by atoms with Crippen LogP contribution < -0.4 is 5.56 Å². The summed E-state index contributed by atoms with van der Waals surface area (Å²) in [4.78, 5) is 23.2. The number of hydrogen-bond donors (Lipinski definition) is 0. The Morgan fingerprint density at radius 2 is 2.12 bits per heavy atom. The molecule has 11 heteroatoms. The third-order valence-electron chi connectivity index (χ3n) is 5.48. The maximum Gasteiger partial charge on any atom is 0.266 e. The van der Waals surface area contributed by atoms with Gasteiger partial charge in [0.15, 0.2) is 0 Å². The third-order valence-corrected chi connectivity index (χ3v) is 6.80. The SMILES string of the molecule is CCCCCn1c2c(c(=O)n3c(CCCc4nc(-c5cccs5)no4)nnc13)CC(Br)=N2. The van der Waals surface area contributed by atoms with E-state index in [1.807, 2.05) is 22.1 Å². The number of unbranched alkanes of at least 4 members (excludes halogenated alkanes) is 2. The number of aromatic nitrogens is 6. The van der Waals surface area contributed by atoms with Crippen LogP contribution in [-0.2, 0) is 25.8 Å². The Hall–Kier alpha value is -2.66. The Kier molecular flexibility index (Phi) is 6.01. The fraction of sp³-hybridized carbons (Fsp3) is 0.429. The number of nitrogens with zero attached hydrogens (tertiary/aromatic N) is 7. The van der Waals surface area contributed by atoms with Crippen LogP contribution in [0, 0.1) is 0 Å². The molecule has 0 spiro atoms. The van der Waals surface area contributed by atoms with Crippen molar-refractivity contribution in [1.82, 2.24) is 29.3 Å². The van der Waals surface area contributed by atoms with Crippen molar-refractivity contribution in [3.05, 3.63) is 45.1 Å². The van der Waals surface area contributed by atoms with Gasteiger partial charge in [0, 0.05) is 25.8 Å². The van der Waals surface area contributed by atoms with Gasteiger partial charge in [-0.25, -0.2) is 9.39 Å². The molecular formula is C21H22BrN7O2S. The van der Waals surface area contributed by atoms with Crippen LogP contribution in [0.15, 0.2) is 31.8 Å². The van der Waals surface area contributed by atoms with Gasteiger partial charge in [-0.15, -0.1) is 21.5 Å². The summed E-state index contributed by atoms with van der Waals surface area (Å²) < 4.78 is 9.83. The summed E-state index contributed by atoms with van der Waals surface area (Å²) in [5, 5.41) is 14.8. The highest BCUT2D eigenvalue weighted by atomic mass is 79.9. The molecule has 4 aromatic heterocycles. The van der Waals surface area contributed by atoms with Gasteiger partial charge in [0.2, 0.25) is 17.5 Å². The Morgan fingerprint density at radius 1 is 1.22 bits per heavy atom. The number of aliphatic imine (C=N–C) groups is 1. The highest BCUT2D eigenvalue weighted by Gasteiger charge is 2.25. The highest BCUT2D eigenvalue weighted by molar-refractivity contribution is 9.18. The second-order valence-electron chi connectivity index (χ2n) is 7.73. The molecule has 1 aliphatic heterocycles. The second-order valence-corrected chi connectivity index (χ2v) is 9.59. The van der Waals surface area contributed by atoms with Crippen LogP contribution >= 0.6 is 27.3 Å². The Labute approximate surface area is 196 Å². The van der Waals surface area contributed by atoms with Crippen LogP contribution in [0.25, 0.3) is 16.5 Å². The minimum atomic E-state index is -0.0855. The Morgan fingerprint density at radius 3 is 2.94 bits per heavy atom. The lowest BCUT2D eigenvalue weighted by atomic mass is 10.2. The number of rotatable bonds is 9. The van der Waals surface area contributed by atoms with Gasteiger partial charge in [-0.2, -0.15) is 4.98 Å². The summed E-state index contributed by atoms with van der Waals surface area (Å²) in [5.41, 5.74) is 0.608. The van der Waals surface area contributed by atoms with Crippen molar-refractivity contribution in [2.45, 2.75) is 58.4 Å². The van der Waals surface area contributed by atoms with Gasteiger partial charge in [0.05, 0.1) is 15.1 Å². The molecule has 0 atom stereocenters. The molecule has 9 nitrogen and oxygen atoms in total. The molecule has 0 amide bonds. The molecule has 0 saturated heterocycles. The molecule has 4 aromatic rings. The Balaban J connectivity index is 1.38. The topological polar surface area (TPSA) is 103 Å². The van der Waals surface area contributed by atoms with Crippen molar-refractivity contribution >= 4 is 43.5 Å². The van der Waals surface area contributed by atoms with Crippen LogP contribution in [0.2, 0.25) is 0 Å². The normalized spacial score (nSPS) is 13.1. The molecule has 5 heterocycles. The van der Waals surface area contributed by atoms with Gasteiger partial charge in [-0.1, -0.05) is 31.0 Å². The molecule has 0 radical (unpaired) electrons. The smallest absolute Gasteiger partial charge is 0.266 e. The van der Waals surface area contributed by atoms with E-state index in [1.165, 1.54) is 0 Å². The molecule has 0 fully saturated rings. The third kappa shape index (κ3) is 3.95. The molecule has 0 bridgehead atoms. The molecule has 166 valence electrons. The quantitative estimate of drug-likeness (QED) is 0.307. The summed E-state index contributed by atoms with van der Waals surface area (Å²) in [5.74, 6) is 3.11. The Bertz CT molecular complexity index is 1340. The average Bonchev–Trinajstić information content (AvgIpc) is 3.56. The number of halogens is 1. The number of thiophene rings is 1. The van der Waals surface area contributed by atoms with Crippen LogP contribution in [0.4, 0.5) is 5.82 Å². The lowest BCUT2D eigenvalue weighted by molar-refractivity contribution is 0.375. The lowest BCUT2D eigenvalue weighted by Gasteiger charge is -2.12. The first kappa shape index (κ1) is 21.2. The van der Waals surface area contributed by atoms with E-state index in [0.29, 0.717) is 54.0 Å². The zero-order valence-corrected chi connectivity index (χ0v) is 20.0. The van der Waals surface area contributed by atoms with Crippen molar-refractivity contribution in [3.8, 4) is 10.7 Å². The molecule has 5 rings (SSSR count).